The highest BCUT2D eigenvalue weighted by molar-refractivity contribution is 5.60. The van der Waals surface area contributed by atoms with E-state index in [2.05, 4.69) is 19.2 Å². The number of rotatable bonds is 5. The van der Waals surface area contributed by atoms with Crippen LogP contribution < -0.4 is 5.32 Å². The number of nitro groups is 1. The summed E-state index contributed by atoms with van der Waals surface area (Å²) in [4.78, 5) is 10.4. The molecule has 0 aliphatic carbocycles. The monoisotopic (exact) mass is 220 g/mol. The Bertz CT molecular complexity index is 386. The van der Waals surface area contributed by atoms with Crippen LogP contribution in [0.3, 0.4) is 0 Å². The normalized spacial score (nSPS) is 11.2. The Balaban J connectivity index is 2.69. The van der Waals surface area contributed by atoms with Crippen molar-refractivity contribution in [2.24, 2.45) is 0 Å². The summed E-state index contributed by atoms with van der Waals surface area (Å²) in [6.07, 6.45) is 3.66. The average Bonchev–Trinajstić information content (AvgIpc) is 2.24. The number of benzene rings is 1. The van der Waals surface area contributed by atoms with Gasteiger partial charge < -0.3 is 5.32 Å². The fourth-order valence-corrected chi connectivity index (χ4v) is 1.28. The molecule has 0 fully saturated rings. The molecule has 0 amide bonds. The number of nitrogens with one attached hydrogen (secondary N) is 1. The van der Waals surface area contributed by atoms with Crippen molar-refractivity contribution < 1.29 is 4.92 Å². The first-order valence-corrected chi connectivity index (χ1v) is 5.24. The molecule has 86 valence electrons. The fourth-order valence-electron chi connectivity index (χ4n) is 1.28. The molecule has 4 heteroatoms. The van der Waals surface area contributed by atoms with E-state index in [1.807, 2.05) is 6.08 Å². The van der Waals surface area contributed by atoms with Crippen LogP contribution in [-0.2, 0) is 0 Å². The molecule has 0 heterocycles. The third kappa shape index (κ3) is 3.82. The lowest BCUT2D eigenvalue weighted by Crippen LogP contribution is -2.22. The standard InChI is InChI=1S/C12H16N2O2/c1-10(2)13-9-5-7-11-6-3-4-8-12(11)14(15)16/h3-8,10,13H,9H2,1-2H3/b7-5+. The van der Waals surface area contributed by atoms with Crippen molar-refractivity contribution in [1.82, 2.24) is 5.32 Å². The van der Waals surface area contributed by atoms with E-state index in [1.54, 1.807) is 24.3 Å². The Labute approximate surface area is 95.1 Å². The first-order valence-electron chi connectivity index (χ1n) is 5.24. The van der Waals surface area contributed by atoms with Crippen molar-refractivity contribution in [1.29, 1.82) is 0 Å². The molecule has 1 N–H and O–H groups in total. The Morgan fingerprint density at radius 3 is 2.75 bits per heavy atom. The third-order valence-corrected chi connectivity index (χ3v) is 2.07. The minimum atomic E-state index is -0.366. The van der Waals surface area contributed by atoms with E-state index in [1.165, 1.54) is 6.07 Å². The van der Waals surface area contributed by atoms with E-state index in [0.29, 0.717) is 18.2 Å². The largest absolute Gasteiger partial charge is 0.311 e. The van der Waals surface area contributed by atoms with Crippen LogP contribution in [0.2, 0.25) is 0 Å². The SMILES string of the molecule is CC(C)NC/C=C/c1ccccc1[N+](=O)[O-]. The molecule has 1 aromatic rings. The van der Waals surface area contributed by atoms with E-state index < -0.39 is 0 Å². The molecule has 0 aliphatic rings. The molecule has 0 aliphatic heterocycles. The summed E-state index contributed by atoms with van der Waals surface area (Å²) in [5, 5.41) is 13.9. The van der Waals surface area contributed by atoms with Crippen molar-refractivity contribution in [3.63, 3.8) is 0 Å². The van der Waals surface area contributed by atoms with Crippen LogP contribution in [0.1, 0.15) is 19.4 Å². The summed E-state index contributed by atoms with van der Waals surface area (Å²) in [5.41, 5.74) is 0.779. The molecule has 0 saturated carbocycles. The van der Waals surface area contributed by atoms with Gasteiger partial charge in [-0.3, -0.25) is 10.1 Å². The van der Waals surface area contributed by atoms with Gasteiger partial charge in [-0.15, -0.1) is 0 Å². The summed E-state index contributed by atoms with van der Waals surface area (Å²) >= 11 is 0. The Hall–Kier alpha value is -1.68. The van der Waals surface area contributed by atoms with Gasteiger partial charge in [0.05, 0.1) is 10.5 Å². The van der Waals surface area contributed by atoms with Crippen LogP contribution in [0.15, 0.2) is 30.3 Å². The second kappa shape index (κ2) is 6.02. The van der Waals surface area contributed by atoms with Crippen molar-refractivity contribution in [2.75, 3.05) is 6.54 Å². The maximum atomic E-state index is 10.7. The molecule has 0 unspecified atom stereocenters. The van der Waals surface area contributed by atoms with Crippen LogP contribution in [0, 0.1) is 10.1 Å². The predicted molar refractivity (Wildman–Crippen MR) is 65.3 cm³/mol. The number of hydrogen-bond donors (Lipinski definition) is 1. The third-order valence-electron chi connectivity index (χ3n) is 2.07. The van der Waals surface area contributed by atoms with Crippen molar-refractivity contribution in [3.8, 4) is 0 Å². The molecular weight excluding hydrogens is 204 g/mol. The highest BCUT2D eigenvalue weighted by Gasteiger charge is 2.08. The van der Waals surface area contributed by atoms with Gasteiger partial charge in [0.1, 0.15) is 0 Å². The van der Waals surface area contributed by atoms with Gasteiger partial charge in [0, 0.05) is 18.7 Å². The van der Waals surface area contributed by atoms with Crippen molar-refractivity contribution in [3.05, 3.63) is 46.0 Å². The van der Waals surface area contributed by atoms with Crippen LogP contribution in [0.5, 0.6) is 0 Å². The van der Waals surface area contributed by atoms with E-state index in [9.17, 15) is 10.1 Å². The topological polar surface area (TPSA) is 55.2 Å². The zero-order chi connectivity index (χ0) is 12.0. The minimum absolute atomic E-state index is 0.142. The van der Waals surface area contributed by atoms with E-state index in [-0.39, 0.29) is 10.6 Å². The van der Waals surface area contributed by atoms with Gasteiger partial charge in [-0.2, -0.15) is 0 Å². The zero-order valence-corrected chi connectivity index (χ0v) is 9.51. The summed E-state index contributed by atoms with van der Waals surface area (Å²) in [6, 6.07) is 7.12. The molecule has 1 rings (SSSR count). The Morgan fingerprint density at radius 1 is 1.44 bits per heavy atom. The highest BCUT2D eigenvalue weighted by atomic mass is 16.6. The summed E-state index contributed by atoms with van der Waals surface area (Å²) in [7, 11) is 0. The molecule has 0 spiro atoms. The zero-order valence-electron chi connectivity index (χ0n) is 9.51. The lowest BCUT2D eigenvalue weighted by Gasteiger charge is -2.03. The number of para-hydroxylation sites is 1. The molecule has 0 radical (unpaired) electrons. The first kappa shape index (κ1) is 12.4. The molecular formula is C12H16N2O2. The second-order valence-electron chi connectivity index (χ2n) is 3.78. The van der Waals surface area contributed by atoms with Crippen LogP contribution in [0.25, 0.3) is 6.08 Å². The fraction of sp³-hybridized carbons (Fsp3) is 0.333. The smallest absolute Gasteiger partial charge is 0.276 e. The van der Waals surface area contributed by atoms with Gasteiger partial charge in [-0.25, -0.2) is 0 Å². The summed E-state index contributed by atoms with van der Waals surface area (Å²) in [6.45, 7) is 4.82. The van der Waals surface area contributed by atoms with Gasteiger partial charge in [0.15, 0.2) is 0 Å². The molecule has 0 saturated heterocycles. The molecule has 0 atom stereocenters. The lowest BCUT2D eigenvalue weighted by molar-refractivity contribution is -0.385. The molecule has 0 aromatic heterocycles. The number of nitro benzene ring substituents is 1. The van der Waals surface area contributed by atoms with Gasteiger partial charge in [-0.05, 0) is 6.07 Å². The molecule has 16 heavy (non-hydrogen) atoms. The maximum absolute atomic E-state index is 10.7. The van der Waals surface area contributed by atoms with Crippen LogP contribution in [0.4, 0.5) is 5.69 Å². The minimum Gasteiger partial charge on any atom is -0.311 e. The van der Waals surface area contributed by atoms with Crippen molar-refractivity contribution >= 4 is 11.8 Å². The van der Waals surface area contributed by atoms with Crippen molar-refractivity contribution in [2.45, 2.75) is 19.9 Å². The van der Waals surface area contributed by atoms with E-state index >= 15 is 0 Å². The first-order chi connectivity index (χ1) is 7.61. The van der Waals surface area contributed by atoms with E-state index in [4.69, 9.17) is 0 Å². The van der Waals surface area contributed by atoms with Gasteiger partial charge >= 0.3 is 0 Å². The number of hydrogen-bond acceptors (Lipinski definition) is 3. The molecule has 1 aromatic carbocycles. The number of nitrogens with zero attached hydrogens (tertiary/aromatic N) is 1. The van der Waals surface area contributed by atoms with Crippen LogP contribution in [-0.4, -0.2) is 17.5 Å². The Morgan fingerprint density at radius 2 is 2.12 bits per heavy atom. The highest BCUT2D eigenvalue weighted by Crippen LogP contribution is 2.18. The lowest BCUT2D eigenvalue weighted by atomic mass is 10.1. The van der Waals surface area contributed by atoms with Gasteiger partial charge in [0.25, 0.3) is 5.69 Å². The van der Waals surface area contributed by atoms with Gasteiger partial charge in [0.2, 0.25) is 0 Å². The quantitative estimate of drug-likeness (QED) is 0.613. The molecule has 0 bridgehead atoms. The summed E-state index contributed by atoms with van der Waals surface area (Å²) < 4.78 is 0. The van der Waals surface area contributed by atoms with E-state index in [0.717, 1.165) is 0 Å². The average molecular weight is 220 g/mol. The van der Waals surface area contributed by atoms with Crippen LogP contribution >= 0.6 is 0 Å². The molecule has 4 nitrogen and oxygen atoms in total. The van der Waals surface area contributed by atoms with Gasteiger partial charge in [-0.1, -0.05) is 38.1 Å². The summed E-state index contributed by atoms with van der Waals surface area (Å²) in [5.74, 6) is 0. The predicted octanol–water partition coefficient (Wildman–Crippen LogP) is 2.61. The maximum Gasteiger partial charge on any atom is 0.276 e. The Kier molecular flexibility index (Phi) is 4.66. The second-order valence-corrected chi connectivity index (χ2v) is 3.78.